The summed E-state index contributed by atoms with van der Waals surface area (Å²) in [5.74, 6) is -0.801. The van der Waals surface area contributed by atoms with Crippen molar-refractivity contribution in [3.63, 3.8) is 0 Å². The summed E-state index contributed by atoms with van der Waals surface area (Å²) >= 11 is 6.43. The van der Waals surface area contributed by atoms with Crippen LogP contribution >= 0.6 is 11.6 Å². The van der Waals surface area contributed by atoms with E-state index in [9.17, 15) is 18.0 Å². The Morgan fingerprint density at radius 1 is 0.923 bits per heavy atom. The number of amides is 2. The lowest BCUT2D eigenvalue weighted by molar-refractivity contribution is -0.139. The SMILES string of the molecule is CC[C@@H](C)NC(=O)[C@@H](C)N(CCc1ccccc1)C(=O)CN(c1ccccc1Cl)S(=O)(=O)c1ccc(C)cc1. The molecule has 0 spiro atoms. The first-order valence-electron chi connectivity index (χ1n) is 13.0. The van der Waals surface area contributed by atoms with Gasteiger partial charge in [0.2, 0.25) is 11.8 Å². The quantitative estimate of drug-likeness (QED) is 0.324. The highest BCUT2D eigenvalue weighted by Crippen LogP contribution is 2.30. The van der Waals surface area contributed by atoms with Gasteiger partial charge in [-0.2, -0.15) is 0 Å². The molecule has 0 aliphatic rings. The van der Waals surface area contributed by atoms with Gasteiger partial charge in [0.1, 0.15) is 12.6 Å². The van der Waals surface area contributed by atoms with Gasteiger partial charge < -0.3 is 10.2 Å². The number of nitrogens with one attached hydrogen (secondary N) is 1. The molecule has 0 aliphatic carbocycles. The minimum atomic E-state index is -4.16. The number of hydrogen-bond donors (Lipinski definition) is 1. The molecule has 0 aromatic heterocycles. The lowest BCUT2D eigenvalue weighted by Crippen LogP contribution is -2.53. The van der Waals surface area contributed by atoms with Crippen LogP contribution in [0.5, 0.6) is 0 Å². The largest absolute Gasteiger partial charge is 0.352 e. The van der Waals surface area contributed by atoms with E-state index >= 15 is 0 Å². The second-order valence-electron chi connectivity index (χ2n) is 9.59. The summed E-state index contributed by atoms with van der Waals surface area (Å²) in [5, 5.41) is 3.13. The maximum absolute atomic E-state index is 13.9. The van der Waals surface area contributed by atoms with E-state index in [-0.39, 0.29) is 34.1 Å². The summed E-state index contributed by atoms with van der Waals surface area (Å²) < 4.78 is 28.7. The molecule has 3 aromatic rings. The molecular formula is C30H36ClN3O4S. The van der Waals surface area contributed by atoms with Crippen molar-refractivity contribution in [2.75, 3.05) is 17.4 Å². The van der Waals surface area contributed by atoms with E-state index in [2.05, 4.69) is 5.32 Å². The van der Waals surface area contributed by atoms with E-state index in [0.717, 1.165) is 21.9 Å². The highest BCUT2D eigenvalue weighted by Gasteiger charge is 2.33. The summed E-state index contributed by atoms with van der Waals surface area (Å²) in [7, 11) is -4.16. The summed E-state index contributed by atoms with van der Waals surface area (Å²) in [5.41, 5.74) is 2.09. The van der Waals surface area contributed by atoms with Crippen LogP contribution in [0.4, 0.5) is 5.69 Å². The van der Waals surface area contributed by atoms with Crippen molar-refractivity contribution >= 4 is 39.1 Å². The lowest BCUT2D eigenvalue weighted by Gasteiger charge is -2.32. The first-order chi connectivity index (χ1) is 18.5. The predicted molar refractivity (Wildman–Crippen MR) is 156 cm³/mol. The Bertz CT molecular complexity index is 1360. The summed E-state index contributed by atoms with van der Waals surface area (Å²) in [6.07, 6.45) is 1.25. The van der Waals surface area contributed by atoms with Crippen molar-refractivity contribution in [1.29, 1.82) is 0 Å². The normalized spacial score (nSPS) is 12.8. The van der Waals surface area contributed by atoms with Crippen LogP contribution in [0.15, 0.2) is 83.8 Å². The number of sulfonamides is 1. The average molecular weight is 570 g/mol. The third kappa shape index (κ3) is 7.83. The number of benzene rings is 3. The van der Waals surface area contributed by atoms with Gasteiger partial charge in [-0.05, 0) is 63.4 Å². The van der Waals surface area contributed by atoms with Gasteiger partial charge in [0.25, 0.3) is 10.0 Å². The summed E-state index contributed by atoms with van der Waals surface area (Å²) in [6, 6.07) is 21.7. The van der Waals surface area contributed by atoms with E-state index in [0.29, 0.717) is 6.42 Å². The summed E-state index contributed by atoms with van der Waals surface area (Å²) in [6.45, 7) is 7.10. The smallest absolute Gasteiger partial charge is 0.264 e. The molecule has 0 fully saturated rings. The van der Waals surface area contributed by atoms with Crippen LogP contribution in [-0.2, 0) is 26.0 Å². The van der Waals surface area contributed by atoms with Crippen LogP contribution in [0.3, 0.4) is 0 Å². The molecule has 0 radical (unpaired) electrons. The molecule has 2 atom stereocenters. The third-order valence-electron chi connectivity index (χ3n) is 6.66. The molecule has 0 heterocycles. The van der Waals surface area contributed by atoms with Crippen molar-refractivity contribution < 1.29 is 18.0 Å². The standard InChI is InChI=1S/C30H36ClN3O4S/c1-5-23(3)32-30(36)24(4)33(20-19-25-11-7-6-8-12-25)29(35)21-34(28-14-10-9-13-27(28)31)39(37,38)26-17-15-22(2)16-18-26/h6-18,23-24H,5,19-21H2,1-4H3,(H,32,36)/t23-,24-/m1/s1. The minimum absolute atomic E-state index is 0.0409. The number of rotatable bonds is 12. The van der Waals surface area contributed by atoms with Gasteiger partial charge in [-0.25, -0.2) is 8.42 Å². The monoisotopic (exact) mass is 569 g/mol. The number of nitrogens with zero attached hydrogens (tertiary/aromatic N) is 2. The summed E-state index contributed by atoms with van der Waals surface area (Å²) in [4.78, 5) is 28.4. The number of para-hydroxylation sites is 1. The molecule has 0 saturated carbocycles. The van der Waals surface area contributed by atoms with E-state index in [1.165, 1.54) is 17.0 Å². The molecule has 2 amide bonds. The second-order valence-corrected chi connectivity index (χ2v) is 11.9. The number of anilines is 1. The average Bonchev–Trinajstić information content (AvgIpc) is 2.92. The van der Waals surface area contributed by atoms with Crippen LogP contribution in [0.1, 0.15) is 38.3 Å². The zero-order valence-electron chi connectivity index (χ0n) is 22.8. The predicted octanol–water partition coefficient (Wildman–Crippen LogP) is 5.22. The Hall–Kier alpha value is -3.36. The maximum atomic E-state index is 13.9. The van der Waals surface area contributed by atoms with Gasteiger partial charge in [-0.15, -0.1) is 0 Å². The Labute approximate surface area is 236 Å². The number of halogens is 1. The molecule has 0 unspecified atom stereocenters. The molecule has 0 saturated heterocycles. The number of carbonyl (C=O) groups excluding carboxylic acids is 2. The molecule has 39 heavy (non-hydrogen) atoms. The van der Waals surface area contributed by atoms with Crippen LogP contribution in [0, 0.1) is 6.92 Å². The van der Waals surface area contributed by atoms with Gasteiger partial charge in [0.15, 0.2) is 0 Å². The van der Waals surface area contributed by atoms with Crippen LogP contribution in [0.2, 0.25) is 5.02 Å². The minimum Gasteiger partial charge on any atom is -0.352 e. The zero-order valence-corrected chi connectivity index (χ0v) is 24.4. The molecule has 208 valence electrons. The van der Waals surface area contributed by atoms with E-state index in [1.54, 1.807) is 43.3 Å². The van der Waals surface area contributed by atoms with Crippen molar-refractivity contribution in [3.05, 3.63) is 95.0 Å². The van der Waals surface area contributed by atoms with Gasteiger partial charge >= 0.3 is 0 Å². The first kappa shape index (κ1) is 30.2. The maximum Gasteiger partial charge on any atom is 0.264 e. The van der Waals surface area contributed by atoms with Gasteiger partial charge in [0.05, 0.1) is 15.6 Å². The molecule has 0 aliphatic heterocycles. The number of carbonyl (C=O) groups is 2. The lowest BCUT2D eigenvalue weighted by atomic mass is 10.1. The third-order valence-corrected chi connectivity index (χ3v) is 8.76. The van der Waals surface area contributed by atoms with Crippen molar-refractivity contribution in [2.24, 2.45) is 0 Å². The van der Waals surface area contributed by atoms with Crippen LogP contribution < -0.4 is 9.62 Å². The number of hydrogen-bond acceptors (Lipinski definition) is 4. The van der Waals surface area contributed by atoms with Crippen molar-refractivity contribution in [1.82, 2.24) is 10.2 Å². The molecule has 3 aromatic carbocycles. The van der Waals surface area contributed by atoms with Crippen LogP contribution in [-0.4, -0.2) is 50.3 Å². The topological polar surface area (TPSA) is 86.8 Å². The van der Waals surface area contributed by atoms with E-state index < -0.39 is 28.5 Å². The van der Waals surface area contributed by atoms with Gasteiger partial charge in [-0.3, -0.25) is 13.9 Å². The fourth-order valence-electron chi connectivity index (χ4n) is 4.04. The Morgan fingerprint density at radius 2 is 1.54 bits per heavy atom. The highest BCUT2D eigenvalue weighted by atomic mass is 35.5. The zero-order chi connectivity index (χ0) is 28.6. The molecule has 1 N–H and O–H groups in total. The molecule has 7 nitrogen and oxygen atoms in total. The molecule has 0 bridgehead atoms. The van der Waals surface area contributed by atoms with Gasteiger partial charge in [-0.1, -0.05) is 78.7 Å². The fraction of sp³-hybridized carbons (Fsp3) is 0.333. The fourth-order valence-corrected chi connectivity index (χ4v) is 5.76. The van der Waals surface area contributed by atoms with Crippen molar-refractivity contribution in [2.45, 2.75) is 57.5 Å². The molecular weight excluding hydrogens is 534 g/mol. The van der Waals surface area contributed by atoms with Gasteiger partial charge in [0, 0.05) is 12.6 Å². The van der Waals surface area contributed by atoms with Crippen LogP contribution in [0.25, 0.3) is 0 Å². The first-order valence-corrected chi connectivity index (χ1v) is 14.8. The molecule has 9 heteroatoms. The van der Waals surface area contributed by atoms with Crippen molar-refractivity contribution in [3.8, 4) is 0 Å². The Balaban J connectivity index is 1.98. The number of aryl methyl sites for hydroxylation is 1. The Kier molecular flexibility index (Phi) is 10.5. The highest BCUT2D eigenvalue weighted by molar-refractivity contribution is 7.92. The second kappa shape index (κ2) is 13.6. The van der Waals surface area contributed by atoms with E-state index in [4.69, 9.17) is 11.6 Å². The molecule has 3 rings (SSSR count). The Morgan fingerprint density at radius 3 is 2.15 bits per heavy atom. The van der Waals surface area contributed by atoms with E-state index in [1.807, 2.05) is 51.1 Å².